The van der Waals surface area contributed by atoms with Gasteiger partial charge in [-0.25, -0.2) is 23.2 Å². The highest BCUT2D eigenvalue weighted by atomic mass is 32.2. The first-order chi connectivity index (χ1) is 18.7. The van der Waals surface area contributed by atoms with Crippen LogP contribution in [0.4, 0.5) is 16.4 Å². The summed E-state index contributed by atoms with van der Waals surface area (Å²) in [5.41, 5.74) is -0.135. The lowest BCUT2D eigenvalue weighted by atomic mass is 9.90. The second-order valence-electron chi connectivity index (χ2n) is 11.6. The lowest BCUT2D eigenvalue weighted by molar-refractivity contribution is 0.0447. The number of aromatic nitrogens is 2. The fourth-order valence-corrected chi connectivity index (χ4v) is 4.90. The third kappa shape index (κ3) is 7.97. The van der Waals surface area contributed by atoms with Crippen molar-refractivity contribution in [3.05, 3.63) is 60.0 Å². The summed E-state index contributed by atoms with van der Waals surface area (Å²) in [4.78, 5) is 21.8. The van der Waals surface area contributed by atoms with Crippen molar-refractivity contribution in [2.24, 2.45) is 11.8 Å². The van der Waals surface area contributed by atoms with Gasteiger partial charge in [-0.2, -0.15) is 0 Å². The molecule has 3 N–H and O–H groups in total. The Hall–Kier alpha value is -3.60. The van der Waals surface area contributed by atoms with Crippen LogP contribution >= 0.6 is 0 Å². The van der Waals surface area contributed by atoms with Gasteiger partial charge in [0.1, 0.15) is 22.8 Å². The van der Waals surface area contributed by atoms with Crippen LogP contribution in [-0.2, 0) is 26.7 Å². The van der Waals surface area contributed by atoms with E-state index in [1.165, 1.54) is 0 Å². The number of amides is 1. The number of hydrogen-bond acceptors (Lipinski definition) is 8. The number of carbonyl (C=O) groups is 1. The van der Waals surface area contributed by atoms with Gasteiger partial charge >= 0.3 is 6.09 Å². The molecule has 3 aromatic rings. The van der Waals surface area contributed by atoms with Crippen LogP contribution in [-0.4, -0.2) is 42.4 Å². The van der Waals surface area contributed by atoms with Crippen LogP contribution in [0.2, 0.25) is 0 Å². The highest BCUT2D eigenvalue weighted by Gasteiger charge is 2.35. The van der Waals surface area contributed by atoms with Crippen molar-refractivity contribution < 1.29 is 22.4 Å². The minimum absolute atomic E-state index is 0.0847. The van der Waals surface area contributed by atoms with Crippen LogP contribution in [0.1, 0.15) is 59.3 Å². The molecule has 0 bridgehead atoms. The molecule has 3 atom stereocenters. The molecular formula is C29H39N5O5S. The minimum atomic E-state index is -3.55. The monoisotopic (exact) mass is 569 g/mol. The van der Waals surface area contributed by atoms with Crippen molar-refractivity contribution in [3.63, 3.8) is 0 Å². The van der Waals surface area contributed by atoms with Crippen molar-refractivity contribution in [1.82, 2.24) is 15.3 Å². The summed E-state index contributed by atoms with van der Waals surface area (Å²) in [7, 11) is -3.55. The summed E-state index contributed by atoms with van der Waals surface area (Å²) >= 11 is 0. The maximum Gasteiger partial charge on any atom is 0.408 e. The van der Waals surface area contributed by atoms with Crippen molar-refractivity contribution in [2.75, 3.05) is 22.3 Å². The molecule has 0 spiro atoms. The van der Waals surface area contributed by atoms with Gasteiger partial charge in [-0.1, -0.05) is 37.3 Å². The van der Waals surface area contributed by atoms with Gasteiger partial charge in [0.25, 0.3) is 0 Å². The third-order valence-corrected chi connectivity index (χ3v) is 8.04. The second kappa shape index (κ2) is 11.5. The Kier molecular flexibility index (Phi) is 8.44. The van der Waals surface area contributed by atoms with Crippen LogP contribution in [0.15, 0.2) is 53.1 Å². The Morgan fingerprint density at radius 1 is 1.12 bits per heavy atom. The quantitative estimate of drug-likeness (QED) is 0.274. The maximum absolute atomic E-state index is 12.8. The molecule has 10 nitrogen and oxygen atoms in total. The smallest absolute Gasteiger partial charge is 0.408 e. The Balaban J connectivity index is 1.67. The van der Waals surface area contributed by atoms with E-state index in [0.29, 0.717) is 35.4 Å². The average Bonchev–Trinajstić information content (AvgIpc) is 3.33. The molecule has 2 aromatic heterocycles. The Bertz CT molecular complexity index is 1430. The van der Waals surface area contributed by atoms with Gasteiger partial charge in [-0.15, -0.1) is 0 Å². The maximum atomic E-state index is 12.8. The molecule has 0 radical (unpaired) electrons. The molecule has 1 aliphatic carbocycles. The predicted molar refractivity (Wildman–Crippen MR) is 155 cm³/mol. The molecule has 4 rings (SSSR count). The summed E-state index contributed by atoms with van der Waals surface area (Å²) in [6, 6.07) is 13.1. The number of alkyl carbamates (subject to hydrolysis) is 1. The van der Waals surface area contributed by atoms with Gasteiger partial charge in [0.05, 0.1) is 11.9 Å². The third-order valence-electron chi connectivity index (χ3n) is 6.76. The van der Waals surface area contributed by atoms with Crippen LogP contribution in [0.3, 0.4) is 0 Å². The van der Waals surface area contributed by atoms with E-state index in [-0.39, 0.29) is 17.5 Å². The van der Waals surface area contributed by atoms with E-state index in [1.54, 1.807) is 46.0 Å². The molecule has 0 saturated heterocycles. The first kappa shape index (κ1) is 29.4. The number of oxazole rings is 1. The lowest BCUT2D eigenvalue weighted by Gasteiger charge is -2.30. The van der Waals surface area contributed by atoms with E-state index < -0.39 is 27.3 Å². The Morgan fingerprint density at radius 2 is 1.80 bits per heavy atom. The molecule has 1 amide bonds. The zero-order valence-corrected chi connectivity index (χ0v) is 24.8. The number of hydrogen-bond donors (Lipinski definition) is 3. The molecule has 0 aliphatic heterocycles. The van der Waals surface area contributed by atoms with E-state index >= 15 is 0 Å². The summed E-state index contributed by atoms with van der Waals surface area (Å²) < 4.78 is 38.9. The minimum Gasteiger partial charge on any atom is -0.444 e. The van der Waals surface area contributed by atoms with E-state index in [2.05, 4.69) is 32.2 Å². The largest absolute Gasteiger partial charge is 0.444 e. The highest BCUT2D eigenvalue weighted by Crippen LogP contribution is 2.38. The topological polar surface area (TPSA) is 135 Å². The average molecular weight is 570 g/mol. The van der Waals surface area contributed by atoms with Crippen LogP contribution in [0.25, 0.3) is 11.5 Å². The second-order valence-corrected chi connectivity index (χ2v) is 13.6. The number of anilines is 2. The molecule has 40 heavy (non-hydrogen) atoms. The number of ether oxygens (including phenoxy) is 1. The molecule has 2 heterocycles. The first-order valence-electron chi connectivity index (χ1n) is 13.5. The summed E-state index contributed by atoms with van der Waals surface area (Å²) in [6.07, 6.45) is 2.57. The Morgan fingerprint density at radius 3 is 2.42 bits per heavy atom. The van der Waals surface area contributed by atoms with E-state index in [1.807, 2.05) is 37.3 Å². The number of benzene rings is 1. The zero-order valence-electron chi connectivity index (χ0n) is 23.9. The van der Waals surface area contributed by atoms with Gasteiger partial charge in [0, 0.05) is 18.5 Å². The number of sulfonamides is 1. The van der Waals surface area contributed by atoms with Crippen LogP contribution in [0, 0.1) is 11.8 Å². The number of carbonyl (C=O) groups excluding carboxylic acids is 1. The van der Waals surface area contributed by atoms with Crippen molar-refractivity contribution >= 4 is 27.8 Å². The zero-order chi connectivity index (χ0) is 29.1. The van der Waals surface area contributed by atoms with E-state index in [4.69, 9.17) is 9.15 Å². The lowest BCUT2D eigenvalue weighted by Crippen LogP contribution is -2.47. The summed E-state index contributed by atoms with van der Waals surface area (Å²) in [6.45, 7) is 11.8. The predicted octanol–water partition coefficient (Wildman–Crippen LogP) is 5.55. The summed E-state index contributed by atoms with van der Waals surface area (Å²) in [5.74, 6) is 2.51. The highest BCUT2D eigenvalue weighted by molar-refractivity contribution is 7.92. The van der Waals surface area contributed by atoms with Gasteiger partial charge in [-0.3, -0.25) is 4.72 Å². The number of pyridine rings is 1. The molecule has 1 aliphatic rings. The van der Waals surface area contributed by atoms with Crippen LogP contribution < -0.4 is 15.4 Å². The van der Waals surface area contributed by atoms with Gasteiger partial charge in [0.15, 0.2) is 5.76 Å². The van der Waals surface area contributed by atoms with E-state index in [9.17, 15) is 13.2 Å². The summed E-state index contributed by atoms with van der Waals surface area (Å²) in [5, 5.41) is 6.29. The van der Waals surface area contributed by atoms with Crippen LogP contribution in [0.5, 0.6) is 0 Å². The molecule has 1 fully saturated rings. The van der Waals surface area contributed by atoms with E-state index in [0.717, 1.165) is 18.5 Å². The van der Waals surface area contributed by atoms with Gasteiger partial charge in [0.2, 0.25) is 15.9 Å². The molecule has 216 valence electrons. The number of nitrogens with one attached hydrogen (secondary N) is 3. The SMILES string of the molecule is CCS(=O)(=O)Nc1cc(-c2ncc([C@@](C)(Cc3ccccc3)NC(=O)OC(C)(C)C)o2)cc(NC[C@H]2C[C@@H]2C)n1. The number of nitrogens with zero attached hydrogens (tertiary/aromatic N) is 2. The van der Waals surface area contributed by atoms with Crippen molar-refractivity contribution in [1.29, 1.82) is 0 Å². The molecule has 1 aromatic carbocycles. The number of rotatable bonds is 11. The molecule has 11 heteroatoms. The van der Waals surface area contributed by atoms with Gasteiger partial charge in [-0.05, 0) is 70.6 Å². The molecule has 1 saturated carbocycles. The fraction of sp³-hybridized carbons (Fsp3) is 0.483. The van der Waals surface area contributed by atoms with Gasteiger partial charge < -0.3 is 19.8 Å². The first-order valence-corrected chi connectivity index (χ1v) is 15.2. The normalized spacial score (nSPS) is 18.4. The molecular weight excluding hydrogens is 530 g/mol. The standard InChI is InChI=1S/C29H39N5O5S/c1-7-40(36,37)34-25-15-21(14-24(32-25)30-17-22-13-19(22)2)26-31-18-23(38-26)29(6,16-20-11-9-8-10-12-20)33-27(35)39-28(3,4)5/h8-12,14-15,18-19,22H,7,13,16-17H2,1-6H3,(H,33,35)(H2,30,32,34)/t19-,22+,29+/m0/s1. The Labute approximate surface area is 236 Å². The fourth-order valence-electron chi connectivity index (χ4n) is 4.34. The van der Waals surface area contributed by atoms with Crippen molar-refractivity contribution in [3.8, 4) is 11.5 Å². The molecule has 0 unspecified atom stereocenters. The van der Waals surface area contributed by atoms with Crippen molar-refractivity contribution in [2.45, 2.75) is 65.5 Å².